The van der Waals surface area contributed by atoms with E-state index in [1.54, 1.807) is 27.4 Å². The zero-order valence-electron chi connectivity index (χ0n) is 14.0. The molecule has 1 aromatic rings. The number of amides is 1. The van der Waals surface area contributed by atoms with Gasteiger partial charge < -0.3 is 9.64 Å². The van der Waals surface area contributed by atoms with Gasteiger partial charge in [0.15, 0.2) is 0 Å². The molecule has 1 saturated carbocycles. The van der Waals surface area contributed by atoms with Gasteiger partial charge >= 0.3 is 0 Å². The predicted octanol–water partition coefficient (Wildman–Crippen LogP) is 1.85. The van der Waals surface area contributed by atoms with Crippen LogP contribution in [-0.4, -0.2) is 44.9 Å². The van der Waals surface area contributed by atoms with Gasteiger partial charge in [0.2, 0.25) is 15.9 Å². The normalized spacial score (nSPS) is 28.9. The number of rotatable bonds is 3. The number of benzene rings is 1. The highest BCUT2D eigenvalue weighted by atomic mass is 32.2. The summed E-state index contributed by atoms with van der Waals surface area (Å²) in [5, 5.41) is 0. The van der Waals surface area contributed by atoms with Crippen molar-refractivity contribution in [1.82, 2.24) is 4.31 Å². The molecule has 2 fully saturated rings. The van der Waals surface area contributed by atoms with Crippen molar-refractivity contribution in [3.63, 3.8) is 0 Å². The zero-order chi connectivity index (χ0) is 17.1. The van der Waals surface area contributed by atoms with Crippen molar-refractivity contribution < 1.29 is 17.9 Å². The molecule has 6 nitrogen and oxygen atoms in total. The molecule has 130 valence electrons. The van der Waals surface area contributed by atoms with Crippen LogP contribution in [0.25, 0.3) is 0 Å². The van der Waals surface area contributed by atoms with Crippen LogP contribution in [0.1, 0.15) is 26.7 Å². The highest BCUT2D eigenvalue weighted by Crippen LogP contribution is 2.60. The van der Waals surface area contributed by atoms with Crippen LogP contribution in [-0.2, 0) is 14.8 Å². The average molecular weight is 350 g/mol. The minimum Gasteiger partial charge on any atom is -0.490 e. The van der Waals surface area contributed by atoms with E-state index in [1.807, 2.05) is 0 Å². The van der Waals surface area contributed by atoms with Crippen LogP contribution >= 0.6 is 0 Å². The summed E-state index contributed by atoms with van der Waals surface area (Å²) in [7, 11) is -3.53. The molecule has 0 bridgehead atoms. The maximum Gasteiger partial charge on any atom is 0.243 e. The smallest absolute Gasteiger partial charge is 0.243 e. The van der Waals surface area contributed by atoms with Crippen LogP contribution < -0.4 is 9.64 Å². The standard InChI is InChI=1S/C17H22N2O4S/c1-3-17-9-13(17)10-18(11-17)24(21,22)14-4-5-16-15(8-14)19(12(2)20)6-7-23-16/h4-5,8,13H,3,6-7,9-11H2,1-2H3. The zero-order valence-corrected chi connectivity index (χ0v) is 14.8. The molecule has 2 aliphatic heterocycles. The molecule has 1 aliphatic carbocycles. The van der Waals surface area contributed by atoms with E-state index in [-0.39, 0.29) is 16.2 Å². The van der Waals surface area contributed by atoms with E-state index in [1.165, 1.54) is 6.92 Å². The van der Waals surface area contributed by atoms with Crippen LogP contribution in [0, 0.1) is 11.3 Å². The third kappa shape index (κ3) is 2.25. The lowest BCUT2D eigenvalue weighted by atomic mass is 10.0. The topological polar surface area (TPSA) is 66.9 Å². The van der Waals surface area contributed by atoms with Crippen LogP contribution in [0.15, 0.2) is 23.1 Å². The number of carbonyl (C=O) groups is 1. The minimum atomic E-state index is -3.53. The summed E-state index contributed by atoms with van der Waals surface area (Å²) in [5.41, 5.74) is 0.750. The lowest BCUT2D eigenvalue weighted by Crippen LogP contribution is -2.37. The van der Waals surface area contributed by atoms with Crippen molar-refractivity contribution >= 4 is 21.6 Å². The van der Waals surface area contributed by atoms with Crippen molar-refractivity contribution in [1.29, 1.82) is 0 Å². The summed E-state index contributed by atoms with van der Waals surface area (Å²) in [6, 6.07) is 4.82. The fourth-order valence-electron chi connectivity index (χ4n) is 4.11. The Labute approximate surface area is 142 Å². The van der Waals surface area contributed by atoms with Gasteiger partial charge in [-0.25, -0.2) is 8.42 Å². The summed E-state index contributed by atoms with van der Waals surface area (Å²) in [5.74, 6) is 0.957. The van der Waals surface area contributed by atoms with E-state index < -0.39 is 10.0 Å². The summed E-state index contributed by atoms with van der Waals surface area (Å²) >= 11 is 0. The van der Waals surface area contributed by atoms with Crippen LogP contribution in [0.3, 0.4) is 0 Å². The van der Waals surface area contributed by atoms with Gasteiger partial charge in [-0.2, -0.15) is 4.31 Å². The third-order valence-electron chi connectivity index (χ3n) is 5.79. The fourth-order valence-corrected chi connectivity index (χ4v) is 5.71. The Bertz CT molecular complexity index is 803. The second-order valence-corrected chi connectivity index (χ2v) is 9.00. The lowest BCUT2D eigenvalue weighted by molar-refractivity contribution is -0.116. The fraction of sp³-hybridized carbons (Fsp3) is 0.588. The summed E-state index contributed by atoms with van der Waals surface area (Å²) in [4.78, 5) is 13.6. The molecule has 0 N–H and O–H groups in total. The lowest BCUT2D eigenvalue weighted by Gasteiger charge is -2.29. The van der Waals surface area contributed by atoms with Crippen LogP contribution in [0.2, 0.25) is 0 Å². The van der Waals surface area contributed by atoms with E-state index >= 15 is 0 Å². The SMILES string of the molecule is CCC12CC1CN(S(=O)(=O)c1ccc3c(c1)N(C(C)=O)CCO3)C2. The Balaban J connectivity index is 1.67. The number of hydrogen-bond donors (Lipinski definition) is 0. The largest absolute Gasteiger partial charge is 0.490 e. The number of hydrogen-bond acceptors (Lipinski definition) is 4. The molecule has 2 unspecified atom stereocenters. The second-order valence-electron chi connectivity index (χ2n) is 7.06. The first kappa shape index (κ1) is 15.9. The molecule has 2 heterocycles. The van der Waals surface area contributed by atoms with E-state index in [2.05, 4.69) is 6.92 Å². The molecule has 2 atom stereocenters. The molecule has 0 radical (unpaired) electrons. The number of piperidine rings is 1. The molecule has 1 aromatic carbocycles. The van der Waals surface area contributed by atoms with Gasteiger partial charge in [-0.05, 0) is 42.4 Å². The number of ether oxygens (including phenoxy) is 1. The van der Waals surface area contributed by atoms with Gasteiger partial charge in [0.05, 0.1) is 17.1 Å². The number of carbonyl (C=O) groups excluding carboxylic acids is 1. The van der Waals surface area contributed by atoms with Crippen molar-refractivity contribution in [3.8, 4) is 5.75 Å². The Hall–Kier alpha value is -1.60. The van der Waals surface area contributed by atoms with Gasteiger partial charge in [0, 0.05) is 20.0 Å². The predicted molar refractivity (Wildman–Crippen MR) is 89.6 cm³/mol. The Kier molecular flexibility index (Phi) is 3.44. The number of nitrogens with zero attached hydrogens (tertiary/aromatic N) is 2. The molecule has 1 saturated heterocycles. The highest BCUT2D eigenvalue weighted by molar-refractivity contribution is 7.89. The van der Waals surface area contributed by atoms with Gasteiger partial charge in [-0.15, -0.1) is 0 Å². The van der Waals surface area contributed by atoms with Gasteiger partial charge in [-0.3, -0.25) is 4.79 Å². The summed E-state index contributed by atoms with van der Waals surface area (Å²) in [6.45, 7) is 5.70. The van der Waals surface area contributed by atoms with E-state index in [4.69, 9.17) is 4.74 Å². The first-order chi connectivity index (χ1) is 11.4. The molecule has 3 aliphatic rings. The van der Waals surface area contributed by atoms with Gasteiger partial charge in [0.1, 0.15) is 12.4 Å². The number of anilines is 1. The molecular formula is C17H22N2O4S. The Morgan fingerprint density at radius 2 is 2.21 bits per heavy atom. The van der Waals surface area contributed by atoms with Crippen molar-refractivity contribution in [2.75, 3.05) is 31.1 Å². The summed E-state index contributed by atoms with van der Waals surface area (Å²) in [6.07, 6.45) is 2.17. The minimum absolute atomic E-state index is 0.110. The maximum absolute atomic E-state index is 13.0. The Morgan fingerprint density at radius 1 is 1.42 bits per heavy atom. The molecule has 0 spiro atoms. The first-order valence-electron chi connectivity index (χ1n) is 8.42. The molecule has 1 amide bonds. The van der Waals surface area contributed by atoms with Crippen LogP contribution in [0.5, 0.6) is 5.75 Å². The van der Waals surface area contributed by atoms with Crippen molar-refractivity contribution in [3.05, 3.63) is 18.2 Å². The third-order valence-corrected chi connectivity index (χ3v) is 7.60. The molecule has 0 aromatic heterocycles. The number of fused-ring (bicyclic) bond motifs is 2. The molecule has 4 rings (SSSR count). The van der Waals surface area contributed by atoms with Crippen molar-refractivity contribution in [2.24, 2.45) is 11.3 Å². The molecular weight excluding hydrogens is 328 g/mol. The first-order valence-corrected chi connectivity index (χ1v) is 9.86. The van der Waals surface area contributed by atoms with Gasteiger partial charge in [0.25, 0.3) is 0 Å². The Morgan fingerprint density at radius 3 is 2.88 bits per heavy atom. The average Bonchev–Trinajstić information content (AvgIpc) is 3.14. The van der Waals surface area contributed by atoms with Gasteiger partial charge in [-0.1, -0.05) is 6.92 Å². The van der Waals surface area contributed by atoms with Crippen molar-refractivity contribution in [2.45, 2.75) is 31.6 Å². The van der Waals surface area contributed by atoms with E-state index in [9.17, 15) is 13.2 Å². The highest BCUT2D eigenvalue weighted by Gasteiger charge is 2.60. The van der Waals surface area contributed by atoms with Crippen LogP contribution in [0.4, 0.5) is 5.69 Å². The molecule has 7 heteroatoms. The van der Waals surface area contributed by atoms with E-state index in [0.717, 1.165) is 12.8 Å². The quantitative estimate of drug-likeness (QED) is 0.834. The number of sulfonamides is 1. The maximum atomic E-state index is 13.0. The van der Waals surface area contributed by atoms with E-state index in [0.29, 0.717) is 43.6 Å². The monoisotopic (exact) mass is 350 g/mol. The second kappa shape index (κ2) is 5.20. The summed E-state index contributed by atoms with van der Waals surface area (Å²) < 4.78 is 33.2. The molecule has 24 heavy (non-hydrogen) atoms.